The first-order valence-electron chi connectivity index (χ1n) is 5.53. The predicted octanol–water partition coefficient (Wildman–Crippen LogP) is 0.740. The van der Waals surface area contributed by atoms with Crippen LogP contribution in [0.5, 0.6) is 0 Å². The molecular weight excluding hydrogens is 218 g/mol. The number of hydrogen-bond donors (Lipinski definition) is 4. The Morgan fingerprint density at radius 1 is 1.29 bits per heavy atom. The third-order valence-electron chi connectivity index (χ3n) is 2.31. The molecule has 0 aliphatic heterocycles. The highest BCUT2D eigenvalue weighted by Crippen LogP contribution is 2.13. The van der Waals surface area contributed by atoms with Gasteiger partial charge < -0.3 is 21.9 Å². The van der Waals surface area contributed by atoms with Crippen LogP contribution in [0.25, 0.3) is 0 Å². The van der Waals surface area contributed by atoms with Crippen molar-refractivity contribution in [2.45, 2.75) is 32.4 Å². The molecule has 5 heteroatoms. The summed E-state index contributed by atoms with van der Waals surface area (Å²) < 4.78 is 0. The molecule has 1 aromatic carbocycles. The number of nitrogen functional groups attached to an aromatic ring is 2. The van der Waals surface area contributed by atoms with E-state index in [1.807, 2.05) is 6.92 Å². The number of aliphatic hydroxyl groups excluding tert-OH is 1. The number of benzene rings is 1. The van der Waals surface area contributed by atoms with Gasteiger partial charge in [0.05, 0.1) is 6.10 Å². The van der Waals surface area contributed by atoms with Crippen molar-refractivity contribution in [2.24, 2.45) is 0 Å². The van der Waals surface area contributed by atoms with E-state index in [2.05, 4.69) is 5.32 Å². The summed E-state index contributed by atoms with van der Waals surface area (Å²) in [6.07, 6.45) is 0.0556. The number of nitrogens with one attached hydrogen (secondary N) is 1. The van der Waals surface area contributed by atoms with Crippen LogP contribution < -0.4 is 16.8 Å². The molecule has 1 amide bonds. The second kappa shape index (κ2) is 5.54. The van der Waals surface area contributed by atoms with Crippen molar-refractivity contribution in [2.75, 3.05) is 11.5 Å². The lowest BCUT2D eigenvalue weighted by Gasteiger charge is -2.15. The Morgan fingerprint density at radius 3 is 2.29 bits per heavy atom. The first-order chi connectivity index (χ1) is 7.88. The Kier molecular flexibility index (Phi) is 4.34. The summed E-state index contributed by atoms with van der Waals surface area (Å²) in [5.74, 6) is -0.239. The van der Waals surface area contributed by atoms with E-state index in [0.717, 1.165) is 0 Å². The van der Waals surface area contributed by atoms with Gasteiger partial charge in [0.1, 0.15) is 0 Å². The van der Waals surface area contributed by atoms with Crippen molar-refractivity contribution in [1.29, 1.82) is 0 Å². The van der Waals surface area contributed by atoms with Gasteiger partial charge >= 0.3 is 0 Å². The van der Waals surface area contributed by atoms with Crippen LogP contribution in [0.15, 0.2) is 18.2 Å². The molecule has 0 bridgehead atoms. The largest absolute Gasteiger partial charge is 0.399 e. The minimum Gasteiger partial charge on any atom is -0.399 e. The van der Waals surface area contributed by atoms with Crippen LogP contribution in [0.2, 0.25) is 0 Å². The average molecular weight is 237 g/mol. The Labute approximate surface area is 101 Å². The Bertz CT molecular complexity index is 384. The Balaban J connectivity index is 2.69. The van der Waals surface area contributed by atoms with E-state index in [9.17, 15) is 9.90 Å². The maximum absolute atomic E-state index is 11.8. The zero-order chi connectivity index (χ0) is 13.0. The lowest BCUT2D eigenvalue weighted by Crippen LogP contribution is -2.34. The summed E-state index contributed by atoms with van der Waals surface area (Å²) in [5.41, 5.74) is 12.6. The van der Waals surface area contributed by atoms with E-state index >= 15 is 0 Å². The molecule has 6 N–H and O–H groups in total. The van der Waals surface area contributed by atoms with Gasteiger partial charge in [0.2, 0.25) is 0 Å². The number of rotatable bonds is 4. The normalized spacial score (nSPS) is 14.1. The van der Waals surface area contributed by atoms with Crippen LogP contribution in [-0.4, -0.2) is 23.2 Å². The fourth-order valence-electron chi connectivity index (χ4n) is 1.69. The Morgan fingerprint density at radius 2 is 1.82 bits per heavy atom. The van der Waals surface area contributed by atoms with Crippen molar-refractivity contribution >= 4 is 17.3 Å². The summed E-state index contributed by atoms with van der Waals surface area (Å²) in [5, 5.41) is 12.0. The fraction of sp³-hybridized carbons (Fsp3) is 0.417. The molecule has 0 aromatic heterocycles. The third-order valence-corrected chi connectivity index (χ3v) is 2.31. The topological polar surface area (TPSA) is 101 Å². The van der Waals surface area contributed by atoms with Crippen molar-refractivity contribution < 1.29 is 9.90 Å². The van der Waals surface area contributed by atoms with Gasteiger partial charge in [0.25, 0.3) is 5.91 Å². The molecule has 0 spiro atoms. The summed E-state index contributed by atoms with van der Waals surface area (Å²) in [7, 11) is 0. The smallest absolute Gasteiger partial charge is 0.251 e. The molecule has 0 fully saturated rings. The maximum atomic E-state index is 11.8. The predicted molar refractivity (Wildman–Crippen MR) is 68.5 cm³/mol. The molecule has 5 nitrogen and oxygen atoms in total. The molecule has 17 heavy (non-hydrogen) atoms. The first kappa shape index (κ1) is 13.3. The molecular formula is C12H19N3O2. The Hall–Kier alpha value is -1.75. The third kappa shape index (κ3) is 4.32. The fourth-order valence-corrected chi connectivity index (χ4v) is 1.69. The highest BCUT2D eigenvalue weighted by Gasteiger charge is 2.12. The van der Waals surface area contributed by atoms with Crippen molar-refractivity contribution in [3.05, 3.63) is 23.8 Å². The SMILES string of the molecule is CC(O)CC(C)NC(=O)c1cc(N)cc(N)c1. The van der Waals surface area contributed by atoms with E-state index in [1.165, 1.54) is 0 Å². The molecule has 94 valence electrons. The number of carbonyl (C=O) groups excluding carboxylic acids is 1. The van der Waals surface area contributed by atoms with Gasteiger partial charge in [-0.15, -0.1) is 0 Å². The number of anilines is 2. The standard InChI is InChI=1S/C12H19N3O2/c1-7(3-8(2)16)15-12(17)9-4-10(13)6-11(14)5-9/h4-8,16H,3,13-14H2,1-2H3,(H,15,17). The lowest BCUT2D eigenvalue weighted by molar-refractivity contribution is 0.0923. The number of aliphatic hydroxyl groups is 1. The van der Waals surface area contributed by atoms with E-state index in [1.54, 1.807) is 25.1 Å². The van der Waals surface area contributed by atoms with Crippen molar-refractivity contribution in [1.82, 2.24) is 5.32 Å². The summed E-state index contributed by atoms with van der Waals surface area (Å²) >= 11 is 0. The molecule has 1 rings (SSSR count). The van der Waals surface area contributed by atoms with Crippen LogP contribution in [0.3, 0.4) is 0 Å². The van der Waals surface area contributed by atoms with Gasteiger partial charge in [-0.25, -0.2) is 0 Å². The second-order valence-corrected chi connectivity index (χ2v) is 4.35. The molecule has 0 radical (unpaired) electrons. The monoisotopic (exact) mass is 237 g/mol. The van der Waals surface area contributed by atoms with E-state index in [0.29, 0.717) is 23.4 Å². The molecule has 2 unspecified atom stereocenters. The van der Waals surface area contributed by atoms with Crippen LogP contribution >= 0.6 is 0 Å². The highest BCUT2D eigenvalue weighted by atomic mass is 16.3. The molecule has 0 aliphatic rings. The lowest BCUT2D eigenvalue weighted by atomic mass is 10.1. The minimum atomic E-state index is -0.448. The average Bonchev–Trinajstić information content (AvgIpc) is 2.14. The van der Waals surface area contributed by atoms with Gasteiger partial charge in [0, 0.05) is 23.0 Å². The zero-order valence-electron chi connectivity index (χ0n) is 10.1. The van der Waals surface area contributed by atoms with Crippen molar-refractivity contribution in [3.63, 3.8) is 0 Å². The number of amides is 1. The van der Waals surface area contributed by atoms with Crippen LogP contribution in [0.4, 0.5) is 11.4 Å². The van der Waals surface area contributed by atoms with Gasteiger partial charge in [-0.2, -0.15) is 0 Å². The van der Waals surface area contributed by atoms with Gasteiger partial charge in [-0.1, -0.05) is 0 Å². The molecule has 0 saturated heterocycles. The van der Waals surface area contributed by atoms with Gasteiger partial charge in [-0.3, -0.25) is 4.79 Å². The van der Waals surface area contributed by atoms with Crippen LogP contribution in [0, 0.1) is 0 Å². The first-order valence-corrected chi connectivity index (χ1v) is 5.53. The molecule has 1 aromatic rings. The highest BCUT2D eigenvalue weighted by molar-refractivity contribution is 5.96. The number of carbonyl (C=O) groups is 1. The number of nitrogens with two attached hydrogens (primary N) is 2. The van der Waals surface area contributed by atoms with Crippen molar-refractivity contribution in [3.8, 4) is 0 Å². The minimum absolute atomic E-state index is 0.106. The quantitative estimate of drug-likeness (QED) is 0.580. The molecule has 0 aliphatic carbocycles. The van der Waals surface area contributed by atoms with E-state index in [-0.39, 0.29) is 11.9 Å². The molecule has 0 heterocycles. The van der Waals surface area contributed by atoms with E-state index < -0.39 is 6.10 Å². The van der Waals surface area contributed by atoms with Gasteiger partial charge in [-0.05, 0) is 38.5 Å². The van der Waals surface area contributed by atoms with Gasteiger partial charge in [0.15, 0.2) is 0 Å². The molecule has 2 atom stereocenters. The summed E-state index contributed by atoms with van der Waals surface area (Å²) in [6.45, 7) is 3.52. The maximum Gasteiger partial charge on any atom is 0.251 e. The second-order valence-electron chi connectivity index (χ2n) is 4.35. The van der Waals surface area contributed by atoms with E-state index in [4.69, 9.17) is 11.5 Å². The van der Waals surface area contributed by atoms with Crippen LogP contribution in [-0.2, 0) is 0 Å². The zero-order valence-corrected chi connectivity index (χ0v) is 10.1. The van der Waals surface area contributed by atoms with Crippen LogP contribution in [0.1, 0.15) is 30.6 Å². The summed E-state index contributed by atoms with van der Waals surface area (Å²) in [6, 6.07) is 4.63. The summed E-state index contributed by atoms with van der Waals surface area (Å²) in [4.78, 5) is 11.8. The molecule has 0 saturated carbocycles. The number of hydrogen-bond acceptors (Lipinski definition) is 4.